The number of halogens is 4. The summed E-state index contributed by atoms with van der Waals surface area (Å²) >= 11 is 0. The Kier molecular flexibility index (Phi) is 6.87. The van der Waals surface area contributed by atoms with E-state index in [1.54, 1.807) is 0 Å². The van der Waals surface area contributed by atoms with Crippen LogP contribution < -0.4 is 10.5 Å². The molecule has 2 rings (SSSR count). The van der Waals surface area contributed by atoms with Crippen LogP contribution in [0.1, 0.15) is 6.42 Å². The van der Waals surface area contributed by atoms with E-state index in [0.29, 0.717) is 6.42 Å². The average molecular weight is 424 g/mol. The van der Waals surface area contributed by atoms with Gasteiger partial charge in [0.25, 0.3) is 0 Å². The smallest absolute Gasteiger partial charge is 0.326 e. The molecule has 0 radical (unpaired) electrons. The van der Waals surface area contributed by atoms with Gasteiger partial charge in [-0.25, -0.2) is 21.6 Å². The summed E-state index contributed by atoms with van der Waals surface area (Å²) in [6, 6.07) is 3.72. The molecule has 1 heterocycles. The van der Waals surface area contributed by atoms with Gasteiger partial charge in [0.05, 0.1) is 9.79 Å². The van der Waals surface area contributed by atoms with Crippen molar-refractivity contribution in [2.24, 2.45) is 5.73 Å². The fourth-order valence-electron chi connectivity index (χ4n) is 2.17. The molecule has 144 valence electrons. The summed E-state index contributed by atoms with van der Waals surface area (Å²) < 4.78 is 87.1. The Morgan fingerprint density at radius 1 is 1.12 bits per heavy atom. The van der Waals surface area contributed by atoms with Crippen molar-refractivity contribution in [2.75, 3.05) is 19.6 Å². The van der Waals surface area contributed by atoms with E-state index in [0.717, 1.165) is 24.3 Å². The molecule has 1 aliphatic rings. The van der Waals surface area contributed by atoms with E-state index < -0.39 is 37.7 Å². The number of alkyl halides is 3. The molecular formula is C12H17ClF3N3O4S2. The Hall–Kier alpha value is -0.920. The van der Waals surface area contributed by atoms with Gasteiger partial charge in [-0.3, -0.25) is 0 Å². The summed E-state index contributed by atoms with van der Waals surface area (Å²) in [7, 11) is -8.19. The molecule has 0 saturated carbocycles. The zero-order valence-corrected chi connectivity index (χ0v) is 15.2. The first kappa shape index (κ1) is 22.1. The Balaban J connectivity index is 0.00000312. The lowest BCUT2D eigenvalue weighted by Crippen LogP contribution is -2.34. The molecule has 0 amide bonds. The Morgan fingerprint density at radius 3 is 2.08 bits per heavy atom. The van der Waals surface area contributed by atoms with Crippen molar-refractivity contribution in [3.8, 4) is 0 Å². The fourth-order valence-corrected chi connectivity index (χ4v) is 4.70. The van der Waals surface area contributed by atoms with E-state index >= 15 is 0 Å². The van der Waals surface area contributed by atoms with Crippen molar-refractivity contribution in [1.29, 1.82) is 0 Å². The number of nitrogens with one attached hydrogen (secondary N) is 1. The highest BCUT2D eigenvalue weighted by atomic mass is 35.5. The van der Waals surface area contributed by atoms with E-state index in [4.69, 9.17) is 5.73 Å². The molecule has 7 nitrogen and oxygen atoms in total. The number of hydrogen-bond donors (Lipinski definition) is 2. The number of nitrogens with two attached hydrogens (primary N) is 1. The first-order chi connectivity index (χ1) is 10.9. The molecule has 3 N–H and O–H groups in total. The molecule has 0 aliphatic carbocycles. The first-order valence-electron chi connectivity index (χ1n) is 6.84. The molecule has 1 atom stereocenters. The van der Waals surface area contributed by atoms with Gasteiger partial charge in [0.15, 0.2) is 0 Å². The van der Waals surface area contributed by atoms with Crippen molar-refractivity contribution >= 4 is 32.5 Å². The maximum absolute atomic E-state index is 12.4. The van der Waals surface area contributed by atoms with Gasteiger partial charge in [-0.15, -0.1) is 12.4 Å². The van der Waals surface area contributed by atoms with Gasteiger partial charge >= 0.3 is 6.18 Å². The molecule has 1 aromatic rings. The van der Waals surface area contributed by atoms with Crippen molar-refractivity contribution in [2.45, 2.75) is 28.4 Å². The second-order valence-electron chi connectivity index (χ2n) is 5.32. The molecule has 1 aromatic carbocycles. The monoisotopic (exact) mass is 423 g/mol. The predicted molar refractivity (Wildman–Crippen MR) is 86.3 cm³/mol. The lowest BCUT2D eigenvalue weighted by Gasteiger charge is -2.16. The maximum Gasteiger partial charge on any atom is 0.402 e. The van der Waals surface area contributed by atoms with Gasteiger partial charge in [0, 0.05) is 19.1 Å². The van der Waals surface area contributed by atoms with Gasteiger partial charge in [-0.1, -0.05) is 0 Å². The van der Waals surface area contributed by atoms with Crippen molar-refractivity contribution in [1.82, 2.24) is 9.03 Å². The second kappa shape index (κ2) is 7.76. The Morgan fingerprint density at radius 2 is 1.64 bits per heavy atom. The number of hydrogen-bond acceptors (Lipinski definition) is 5. The van der Waals surface area contributed by atoms with E-state index in [1.165, 1.54) is 9.03 Å². The maximum atomic E-state index is 12.4. The Labute approximate surface area is 149 Å². The third-order valence-electron chi connectivity index (χ3n) is 3.42. The summed E-state index contributed by atoms with van der Waals surface area (Å²) in [5.74, 6) is 0. The highest BCUT2D eigenvalue weighted by Gasteiger charge is 2.32. The molecule has 0 unspecified atom stereocenters. The quantitative estimate of drug-likeness (QED) is 0.723. The molecule has 13 heteroatoms. The highest BCUT2D eigenvalue weighted by molar-refractivity contribution is 7.89. The van der Waals surface area contributed by atoms with E-state index in [1.807, 2.05) is 0 Å². The predicted octanol–water partition coefficient (Wildman–Crippen LogP) is 0.671. The zero-order chi connectivity index (χ0) is 18.2. The summed E-state index contributed by atoms with van der Waals surface area (Å²) in [5, 5.41) is 0. The minimum absolute atomic E-state index is 0. The summed E-state index contributed by atoms with van der Waals surface area (Å²) in [5.41, 5.74) is 5.66. The fraction of sp³-hybridized carbons (Fsp3) is 0.500. The van der Waals surface area contributed by atoms with Gasteiger partial charge < -0.3 is 5.73 Å². The molecular weight excluding hydrogens is 407 g/mol. The zero-order valence-electron chi connectivity index (χ0n) is 12.7. The van der Waals surface area contributed by atoms with Crippen LogP contribution in [0.2, 0.25) is 0 Å². The van der Waals surface area contributed by atoms with Gasteiger partial charge in [-0.2, -0.15) is 17.5 Å². The lowest BCUT2D eigenvalue weighted by atomic mass is 10.3. The van der Waals surface area contributed by atoms with Crippen LogP contribution in [0.25, 0.3) is 0 Å². The van der Waals surface area contributed by atoms with Crippen molar-refractivity contribution < 1.29 is 30.0 Å². The third-order valence-corrected chi connectivity index (χ3v) is 6.72. The molecule has 0 aromatic heterocycles. The van der Waals surface area contributed by atoms with E-state index in [9.17, 15) is 30.0 Å². The molecule has 25 heavy (non-hydrogen) atoms. The molecule has 1 aliphatic heterocycles. The topological polar surface area (TPSA) is 110 Å². The van der Waals surface area contributed by atoms with E-state index in [2.05, 4.69) is 0 Å². The largest absolute Gasteiger partial charge is 0.402 e. The van der Waals surface area contributed by atoms with Gasteiger partial charge in [-0.05, 0) is 30.7 Å². The molecule has 0 bridgehead atoms. The minimum atomic E-state index is -4.69. The SMILES string of the molecule is Cl.N[C@@H]1CCN(S(=O)(=O)c2ccc(S(=O)(=O)NCC(F)(F)F)cc2)C1. The average Bonchev–Trinajstić information content (AvgIpc) is 2.92. The lowest BCUT2D eigenvalue weighted by molar-refractivity contribution is -0.121. The normalized spacial score (nSPS) is 19.6. The van der Waals surface area contributed by atoms with Crippen LogP contribution in [0.5, 0.6) is 0 Å². The summed E-state index contributed by atoms with van der Waals surface area (Å²) in [4.78, 5) is -0.602. The Bertz CT molecular complexity index is 798. The molecule has 1 saturated heterocycles. The number of sulfonamides is 2. The van der Waals surface area contributed by atoms with Crippen LogP contribution in [-0.2, 0) is 20.0 Å². The van der Waals surface area contributed by atoms with Crippen molar-refractivity contribution in [3.05, 3.63) is 24.3 Å². The highest BCUT2D eigenvalue weighted by Crippen LogP contribution is 2.22. The number of benzene rings is 1. The standard InChI is InChI=1S/C12H16F3N3O4S2.ClH/c13-12(14,15)8-17-23(19,20)10-1-3-11(4-2-10)24(21,22)18-6-5-9(16)7-18;/h1-4,9,17H,5-8,16H2;1H/t9-;/m1./s1. The first-order valence-corrected chi connectivity index (χ1v) is 9.76. The molecule has 1 fully saturated rings. The summed E-state index contributed by atoms with van der Waals surface area (Å²) in [6.45, 7) is -1.28. The third kappa shape index (κ3) is 5.53. The van der Waals surface area contributed by atoms with Crippen LogP contribution in [0.4, 0.5) is 13.2 Å². The van der Waals surface area contributed by atoms with Crippen LogP contribution in [-0.4, -0.2) is 53.0 Å². The van der Waals surface area contributed by atoms with Crippen LogP contribution >= 0.6 is 12.4 Å². The van der Waals surface area contributed by atoms with Gasteiger partial charge in [0.2, 0.25) is 20.0 Å². The number of rotatable bonds is 5. The van der Waals surface area contributed by atoms with Crippen LogP contribution in [0, 0.1) is 0 Å². The van der Waals surface area contributed by atoms with Crippen LogP contribution in [0.3, 0.4) is 0 Å². The number of nitrogens with zero attached hydrogens (tertiary/aromatic N) is 1. The molecule has 0 spiro atoms. The van der Waals surface area contributed by atoms with Gasteiger partial charge in [0.1, 0.15) is 6.54 Å². The minimum Gasteiger partial charge on any atom is -0.326 e. The van der Waals surface area contributed by atoms with Crippen molar-refractivity contribution in [3.63, 3.8) is 0 Å². The van der Waals surface area contributed by atoms with Crippen LogP contribution in [0.15, 0.2) is 34.1 Å². The summed E-state index contributed by atoms with van der Waals surface area (Å²) in [6.07, 6.45) is -4.17. The second-order valence-corrected chi connectivity index (χ2v) is 9.03. The van der Waals surface area contributed by atoms with E-state index in [-0.39, 0.29) is 36.4 Å².